The maximum Gasteiger partial charge on any atom is 0.268 e. The molecular weight excluding hydrogens is 284 g/mol. The van der Waals surface area contributed by atoms with Gasteiger partial charge in [0.15, 0.2) is 0 Å². The predicted octanol–water partition coefficient (Wildman–Crippen LogP) is 3.02. The summed E-state index contributed by atoms with van der Waals surface area (Å²) in [6, 6.07) is 7.24. The Balaban J connectivity index is 1.73. The summed E-state index contributed by atoms with van der Waals surface area (Å²) in [5, 5.41) is 5.77. The van der Waals surface area contributed by atoms with Gasteiger partial charge in [0, 0.05) is 29.5 Å². The van der Waals surface area contributed by atoms with Crippen LogP contribution in [0.2, 0.25) is 0 Å². The van der Waals surface area contributed by atoms with Gasteiger partial charge in [-0.15, -0.1) is 11.3 Å². The van der Waals surface area contributed by atoms with Crippen LogP contribution < -0.4 is 5.32 Å². The number of aromatic amines is 1. The lowest BCUT2D eigenvalue weighted by Gasteiger charge is -2.10. The van der Waals surface area contributed by atoms with Crippen LogP contribution in [0.5, 0.6) is 0 Å². The third-order valence-electron chi connectivity index (χ3n) is 3.04. The Morgan fingerprint density at radius 3 is 3.00 bits per heavy atom. The molecule has 3 heterocycles. The van der Waals surface area contributed by atoms with Crippen molar-refractivity contribution in [3.63, 3.8) is 0 Å². The fourth-order valence-corrected chi connectivity index (χ4v) is 2.78. The van der Waals surface area contributed by atoms with Crippen LogP contribution in [0.1, 0.15) is 28.5 Å². The largest absolute Gasteiger partial charge is 0.357 e. The molecule has 1 amide bonds. The molecule has 21 heavy (non-hydrogen) atoms. The minimum atomic E-state index is -0.142. The van der Waals surface area contributed by atoms with Crippen LogP contribution in [0.3, 0.4) is 0 Å². The quantitative estimate of drug-likeness (QED) is 0.777. The van der Waals surface area contributed by atoms with Gasteiger partial charge in [-0.2, -0.15) is 0 Å². The number of carbonyl (C=O) groups is 1. The first kappa shape index (κ1) is 13.5. The van der Waals surface area contributed by atoms with Crippen molar-refractivity contribution in [3.8, 4) is 11.3 Å². The number of pyridine rings is 1. The van der Waals surface area contributed by atoms with E-state index in [4.69, 9.17) is 0 Å². The molecule has 0 aliphatic heterocycles. The molecule has 0 aliphatic rings. The molecule has 5 nitrogen and oxygen atoms in total. The fraction of sp³-hybridized carbons (Fsp3) is 0.133. The molecule has 6 heteroatoms. The van der Waals surface area contributed by atoms with Gasteiger partial charge in [-0.25, -0.2) is 4.98 Å². The minimum absolute atomic E-state index is 0.134. The third-order valence-corrected chi connectivity index (χ3v) is 4.07. The maximum atomic E-state index is 12.0. The van der Waals surface area contributed by atoms with Gasteiger partial charge in [0.1, 0.15) is 10.7 Å². The molecule has 3 aromatic heterocycles. The second-order valence-corrected chi connectivity index (χ2v) is 5.48. The lowest BCUT2D eigenvalue weighted by Crippen LogP contribution is -2.26. The highest BCUT2D eigenvalue weighted by Gasteiger charge is 2.15. The number of thiazole rings is 1. The van der Waals surface area contributed by atoms with Crippen molar-refractivity contribution in [2.45, 2.75) is 13.0 Å². The van der Waals surface area contributed by atoms with E-state index in [1.165, 1.54) is 11.3 Å². The summed E-state index contributed by atoms with van der Waals surface area (Å²) >= 11 is 1.53. The number of amides is 1. The first-order valence-corrected chi connectivity index (χ1v) is 7.42. The van der Waals surface area contributed by atoms with Crippen LogP contribution in [0, 0.1) is 0 Å². The van der Waals surface area contributed by atoms with Gasteiger partial charge < -0.3 is 10.3 Å². The molecular formula is C15H14N4OS. The van der Waals surface area contributed by atoms with Crippen molar-refractivity contribution < 1.29 is 4.79 Å². The molecule has 0 radical (unpaired) electrons. The Morgan fingerprint density at radius 2 is 2.29 bits per heavy atom. The average molecular weight is 298 g/mol. The molecule has 106 valence electrons. The summed E-state index contributed by atoms with van der Waals surface area (Å²) in [6.07, 6.45) is 5.24. The molecule has 0 spiro atoms. The fourth-order valence-electron chi connectivity index (χ4n) is 1.94. The maximum absolute atomic E-state index is 12.0. The summed E-state index contributed by atoms with van der Waals surface area (Å²) in [7, 11) is 0. The molecule has 0 saturated heterocycles. The molecule has 0 saturated carbocycles. The van der Waals surface area contributed by atoms with E-state index in [2.05, 4.69) is 20.3 Å². The first-order valence-electron chi connectivity index (χ1n) is 6.54. The van der Waals surface area contributed by atoms with Crippen LogP contribution in [0.25, 0.3) is 11.3 Å². The number of nitrogens with zero attached hydrogens (tertiary/aromatic N) is 2. The lowest BCUT2D eigenvalue weighted by atomic mass is 10.2. The van der Waals surface area contributed by atoms with Crippen molar-refractivity contribution >= 4 is 17.2 Å². The number of carbonyl (C=O) groups excluding carboxylic acids is 1. The van der Waals surface area contributed by atoms with Crippen LogP contribution in [0.15, 0.2) is 48.2 Å². The zero-order valence-corrected chi connectivity index (χ0v) is 12.2. The smallest absolute Gasteiger partial charge is 0.268 e. The lowest BCUT2D eigenvalue weighted by molar-refractivity contribution is 0.0935. The van der Waals surface area contributed by atoms with Gasteiger partial charge in [-0.1, -0.05) is 0 Å². The number of rotatable bonds is 4. The molecule has 0 bridgehead atoms. The van der Waals surface area contributed by atoms with Crippen LogP contribution in [-0.2, 0) is 0 Å². The highest BCUT2D eigenvalue weighted by atomic mass is 32.1. The summed E-state index contributed by atoms with van der Waals surface area (Å²) in [4.78, 5) is 23.5. The molecule has 1 atom stereocenters. The van der Waals surface area contributed by atoms with E-state index in [-0.39, 0.29) is 11.9 Å². The topological polar surface area (TPSA) is 70.7 Å². The number of hydrogen-bond acceptors (Lipinski definition) is 4. The van der Waals surface area contributed by atoms with Crippen LogP contribution in [-0.4, -0.2) is 20.9 Å². The van der Waals surface area contributed by atoms with Gasteiger partial charge in [-0.3, -0.25) is 9.78 Å². The Hall–Kier alpha value is -2.47. The van der Waals surface area contributed by atoms with Gasteiger partial charge in [-0.05, 0) is 31.2 Å². The summed E-state index contributed by atoms with van der Waals surface area (Å²) in [6.45, 7) is 1.92. The minimum Gasteiger partial charge on any atom is -0.357 e. The molecule has 0 aliphatic carbocycles. The molecule has 0 fully saturated rings. The molecule has 2 N–H and O–H groups in total. The highest BCUT2D eigenvalue weighted by molar-refractivity contribution is 7.10. The average Bonchev–Trinajstić information content (AvgIpc) is 3.20. The van der Waals surface area contributed by atoms with Crippen molar-refractivity contribution in [1.29, 1.82) is 0 Å². The van der Waals surface area contributed by atoms with E-state index >= 15 is 0 Å². The van der Waals surface area contributed by atoms with Crippen molar-refractivity contribution in [1.82, 2.24) is 20.3 Å². The zero-order chi connectivity index (χ0) is 14.7. The summed E-state index contributed by atoms with van der Waals surface area (Å²) in [5.74, 6) is -0.134. The van der Waals surface area contributed by atoms with Gasteiger partial charge >= 0.3 is 0 Å². The monoisotopic (exact) mass is 298 g/mol. The SMILES string of the molecule is C[C@@H](NC(=O)c1ccc[nH]1)c1nc(-c2cccnc2)cs1. The van der Waals surface area contributed by atoms with Gasteiger partial charge in [0.25, 0.3) is 5.91 Å². The van der Waals surface area contributed by atoms with Crippen LogP contribution >= 0.6 is 11.3 Å². The van der Waals surface area contributed by atoms with E-state index in [0.29, 0.717) is 5.69 Å². The zero-order valence-electron chi connectivity index (χ0n) is 11.4. The first-order chi connectivity index (χ1) is 10.2. The second kappa shape index (κ2) is 5.88. The second-order valence-electron chi connectivity index (χ2n) is 4.59. The Morgan fingerprint density at radius 1 is 1.38 bits per heavy atom. The molecule has 0 aromatic carbocycles. The standard InChI is InChI=1S/C15H14N4OS/c1-10(18-14(20)12-5-3-7-17-12)15-19-13(9-21-15)11-4-2-6-16-8-11/h2-10,17H,1H3,(H,18,20)/t10-/m1/s1. The Labute approximate surface area is 126 Å². The Kier molecular flexibility index (Phi) is 3.79. The number of nitrogens with one attached hydrogen (secondary N) is 2. The number of hydrogen-bond donors (Lipinski definition) is 2. The van der Waals surface area contributed by atoms with E-state index in [1.54, 1.807) is 30.7 Å². The highest BCUT2D eigenvalue weighted by Crippen LogP contribution is 2.24. The molecule has 3 aromatic rings. The summed E-state index contributed by atoms with van der Waals surface area (Å²) in [5.41, 5.74) is 2.40. The van der Waals surface area contributed by atoms with Gasteiger partial charge in [0.2, 0.25) is 0 Å². The van der Waals surface area contributed by atoms with E-state index in [0.717, 1.165) is 16.3 Å². The van der Waals surface area contributed by atoms with E-state index in [1.807, 2.05) is 24.4 Å². The van der Waals surface area contributed by atoms with Gasteiger partial charge in [0.05, 0.1) is 11.7 Å². The van der Waals surface area contributed by atoms with Crippen molar-refractivity contribution in [2.75, 3.05) is 0 Å². The van der Waals surface area contributed by atoms with Crippen molar-refractivity contribution in [3.05, 3.63) is 58.9 Å². The normalized spacial score (nSPS) is 12.0. The number of H-pyrrole nitrogens is 1. The third kappa shape index (κ3) is 3.00. The number of aromatic nitrogens is 3. The Bertz CT molecular complexity index is 721. The van der Waals surface area contributed by atoms with E-state index in [9.17, 15) is 4.79 Å². The predicted molar refractivity (Wildman–Crippen MR) is 82.0 cm³/mol. The van der Waals surface area contributed by atoms with Crippen LogP contribution in [0.4, 0.5) is 0 Å². The van der Waals surface area contributed by atoms with E-state index < -0.39 is 0 Å². The van der Waals surface area contributed by atoms with Crippen molar-refractivity contribution in [2.24, 2.45) is 0 Å². The summed E-state index contributed by atoms with van der Waals surface area (Å²) < 4.78 is 0. The molecule has 3 rings (SSSR count). The molecule has 0 unspecified atom stereocenters.